The summed E-state index contributed by atoms with van der Waals surface area (Å²) < 4.78 is 0. The first-order chi connectivity index (χ1) is 5.88. The van der Waals surface area contributed by atoms with Crippen molar-refractivity contribution in [1.82, 2.24) is 9.97 Å². The monoisotopic (exact) mass is 163 g/mol. The van der Waals surface area contributed by atoms with E-state index in [-0.39, 0.29) is 5.56 Å². The van der Waals surface area contributed by atoms with Crippen LogP contribution in [0, 0.1) is 0 Å². The summed E-state index contributed by atoms with van der Waals surface area (Å²) in [5.41, 5.74) is 1.39. The molecule has 12 heavy (non-hydrogen) atoms. The summed E-state index contributed by atoms with van der Waals surface area (Å²) >= 11 is 0. The van der Waals surface area contributed by atoms with E-state index < -0.39 is 0 Å². The Labute approximate surface area is 69.4 Å². The summed E-state index contributed by atoms with van der Waals surface area (Å²) in [4.78, 5) is 21.9. The molecule has 1 aromatic heterocycles. The summed E-state index contributed by atoms with van der Waals surface area (Å²) in [7, 11) is 0. The summed E-state index contributed by atoms with van der Waals surface area (Å²) in [6.07, 6.45) is 4.88. The number of hydrogen-bond acceptors (Lipinski definition) is 3. The number of fused-ring (bicyclic) bond motifs is 1. The quantitative estimate of drug-likeness (QED) is 0.591. The maximum atomic E-state index is 11.2. The van der Waals surface area contributed by atoms with Crippen LogP contribution in [-0.2, 0) is 6.42 Å². The van der Waals surface area contributed by atoms with E-state index in [1.807, 2.05) is 0 Å². The van der Waals surface area contributed by atoms with Gasteiger partial charge in [0.25, 0.3) is 5.56 Å². The number of nitrogens with one attached hydrogen (secondary N) is 1. The second-order valence-corrected chi connectivity index (χ2v) is 2.73. The summed E-state index contributed by atoms with van der Waals surface area (Å²) in [6, 6.07) is 0. The van der Waals surface area contributed by atoms with Crippen LogP contribution in [0.3, 0.4) is 0 Å². The van der Waals surface area contributed by atoms with Crippen LogP contribution in [-0.4, -0.2) is 22.7 Å². The van der Waals surface area contributed by atoms with Crippen LogP contribution in [0.25, 0.3) is 0 Å². The van der Waals surface area contributed by atoms with E-state index >= 15 is 0 Å². The number of H-pyrrole nitrogens is 1. The summed E-state index contributed by atoms with van der Waals surface area (Å²) in [6.45, 7) is 0.788. The van der Waals surface area contributed by atoms with Crippen LogP contribution >= 0.6 is 0 Å². The molecule has 0 radical (unpaired) electrons. The Hall–Kier alpha value is -1.45. The van der Waals surface area contributed by atoms with Crippen molar-refractivity contribution in [3.63, 3.8) is 0 Å². The minimum absolute atomic E-state index is 0.0920. The van der Waals surface area contributed by atoms with Crippen LogP contribution in [0.1, 0.15) is 17.7 Å². The molecule has 2 heterocycles. The van der Waals surface area contributed by atoms with Crippen LogP contribution in [0.5, 0.6) is 0 Å². The zero-order chi connectivity index (χ0) is 8.39. The van der Waals surface area contributed by atoms with E-state index in [9.17, 15) is 4.79 Å². The van der Waals surface area contributed by atoms with E-state index in [4.69, 9.17) is 0 Å². The molecule has 2 rings (SSSR count). The van der Waals surface area contributed by atoms with Gasteiger partial charge >= 0.3 is 0 Å². The zero-order valence-electron chi connectivity index (χ0n) is 6.58. The maximum Gasteiger partial charge on any atom is 0.259 e. The highest BCUT2D eigenvalue weighted by atomic mass is 16.1. The average Bonchev–Trinajstić information content (AvgIpc) is 2.30. The minimum atomic E-state index is -0.0920. The molecule has 4 nitrogen and oxygen atoms in total. The largest absolute Gasteiger partial charge is 0.313 e. The number of aromatic amines is 1. The normalized spacial score (nSPS) is 15.3. The number of nitrogens with zero attached hydrogens (tertiary/aromatic N) is 2. The van der Waals surface area contributed by atoms with Crippen molar-refractivity contribution in [1.29, 1.82) is 0 Å². The Kier molecular flexibility index (Phi) is 1.74. The molecule has 0 bridgehead atoms. The maximum absolute atomic E-state index is 11.2. The first-order valence-electron chi connectivity index (χ1n) is 3.94. The molecule has 0 saturated heterocycles. The van der Waals surface area contributed by atoms with Crippen molar-refractivity contribution in [3.8, 4) is 0 Å². The van der Waals surface area contributed by atoms with Gasteiger partial charge in [0.2, 0.25) is 0 Å². The SMILES string of the molecule is O=c1[nH]cnc2c1C=NCCC2. The third kappa shape index (κ3) is 1.15. The fourth-order valence-electron chi connectivity index (χ4n) is 1.27. The molecule has 0 spiro atoms. The lowest BCUT2D eigenvalue weighted by molar-refractivity contribution is 0.816. The van der Waals surface area contributed by atoms with Crippen LogP contribution in [0.15, 0.2) is 16.1 Å². The second-order valence-electron chi connectivity index (χ2n) is 2.73. The van der Waals surface area contributed by atoms with E-state index in [0.717, 1.165) is 25.1 Å². The van der Waals surface area contributed by atoms with Gasteiger partial charge in [-0.15, -0.1) is 0 Å². The number of hydrogen-bond donors (Lipinski definition) is 1. The van der Waals surface area contributed by atoms with Gasteiger partial charge in [-0.2, -0.15) is 0 Å². The molecule has 0 fully saturated rings. The molecule has 0 atom stereocenters. The predicted molar refractivity (Wildman–Crippen MR) is 45.6 cm³/mol. The molecule has 0 saturated carbocycles. The number of aromatic nitrogens is 2. The Morgan fingerprint density at radius 2 is 2.42 bits per heavy atom. The lowest BCUT2D eigenvalue weighted by Crippen LogP contribution is -2.15. The minimum Gasteiger partial charge on any atom is -0.313 e. The van der Waals surface area contributed by atoms with Gasteiger partial charge in [0.1, 0.15) is 0 Å². The van der Waals surface area contributed by atoms with Gasteiger partial charge < -0.3 is 4.98 Å². The standard InChI is InChI=1S/C8H9N3O/c12-8-6-4-9-3-1-2-7(6)10-5-11-8/h4-5H,1-3H2,(H,10,11,12). The van der Waals surface area contributed by atoms with Crippen LogP contribution in [0.4, 0.5) is 0 Å². The van der Waals surface area contributed by atoms with Gasteiger partial charge in [-0.1, -0.05) is 0 Å². The molecular formula is C8H9N3O. The van der Waals surface area contributed by atoms with Crippen molar-refractivity contribution < 1.29 is 0 Å². The van der Waals surface area contributed by atoms with Crippen LogP contribution in [0.2, 0.25) is 0 Å². The molecule has 62 valence electrons. The first kappa shape index (κ1) is 7.21. The van der Waals surface area contributed by atoms with E-state index in [2.05, 4.69) is 15.0 Å². The number of aliphatic imine (C=N–C) groups is 1. The summed E-state index contributed by atoms with van der Waals surface area (Å²) in [5, 5.41) is 0. The van der Waals surface area contributed by atoms with E-state index in [0.29, 0.717) is 5.56 Å². The third-order valence-corrected chi connectivity index (χ3v) is 1.89. The predicted octanol–water partition coefficient (Wildman–Crippen LogP) is 0.135. The smallest absolute Gasteiger partial charge is 0.259 e. The Morgan fingerprint density at radius 1 is 1.50 bits per heavy atom. The Bertz CT molecular complexity index is 367. The lowest BCUT2D eigenvalue weighted by Gasteiger charge is -1.97. The molecule has 1 aliphatic rings. The fraction of sp³-hybridized carbons (Fsp3) is 0.375. The zero-order valence-corrected chi connectivity index (χ0v) is 6.58. The average molecular weight is 163 g/mol. The molecule has 1 N–H and O–H groups in total. The van der Waals surface area contributed by atoms with E-state index in [1.165, 1.54) is 6.33 Å². The highest BCUT2D eigenvalue weighted by Crippen LogP contribution is 2.04. The lowest BCUT2D eigenvalue weighted by atomic mass is 10.2. The number of rotatable bonds is 0. The van der Waals surface area contributed by atoms with E-state index in [1.54, 1.807) is 6.21 Å². The molecule has 1 aliphatic heterocycles. The van der Waals surface area contributed by atoms with Crippen LogP contribution < -0.4 is 5.56 Å². The highest BCUT2D eigenvalue weighted by molar-refractivity contribution is 5.80. The fourth-order valence-corrected chi connectivity index (χ4v) is 1.27. The topological polar surface area (TPSA) is 58.1 Å². The highest BCUT2D eigenvalue weighted by Gasteiger charge is 2.07. The van der Waals surface area contributed by atoms with Crippen molar-refractivity contribution in [2.75, 3.05) is 6.54 Å². The van der Waals surface area contributed by atoms with Gasteiger partial charge in [0, 0.05) is 12.8 Å². The molecule has 0 aromatic carbocycles. The van der Waals surface area contributed by atoms with Gasteiger partial charge in [0.15, 0.2) is 0 Å². The van der Waals surface area contributed by atoms with Crippen molar-refractivity contribution in [2.24, 2.45) is 4.99 Å². The van der Waals surface area contributed by atoms with Gasteiger partial charge in [-0.25, -0.2) is 4.98 Å². The van der Waals surface area contributed by atoms with Gasteiger partial charge in [-0.3, -0.25) is 9.79 Å². The Morgan fingerprint density at radius 3 is 3.33 bits per heavy atom. The van der Waals surface area contributed by atoms with Crippen molar-refractivity contribution >= 4 is 6.21 Å². The third-order valence-electron chi connectivity index (χ3n) is 1.89. The summed E-state index contributed by atoms with van der Waals surface area (Å²) in [5.74, 6) is 0. The number of aryl methyl sites for hydroxylation is 1. The van der Waals surface area contributed by atoms with Gasteiger partial charge in [0.05, 0.1) is 17.6 Å². The second kappa shape index (κ2) is 2.89. The molecule has 0 unspecified atom stereocenters. The molecule has 4 heteroatoms. The van der Waals surface area contributed by atoms with Crippen molar-refractivity contribution in [2.45, 2.75) is 12.8 Å². The molecule has 0 aliphatic carbocycles. The van der Waals surface area contributed by atoms with Gasteiger partial charge in [-0.05, 0) is 12.8 Å². The molecule has 0 amide bonds. The first-order valence-corrected chi connectivity index (χ1v) is 3.94. The molecular weight excluding hydrogens is 154 g/mol. The Balaban J connectivity index is 2.61. The molecule has 1 aromatic rings. The van der Waals surface area contributed by atoms with Crippen molar-refractivity contribution in [3.05, 3.63) is 27.9 Å².